The maximum atomic E-state index is 11.3. The number of hydrogen-bond donors (Lipinski definition) is 3. The van der Waals surface area contributed by atoms with Gasteiger partial charge >= 0.3 is 0 Å². The van der Waals surface area contributed by atoms with E-state index >= 15 is 0 Å². The topological polar surface area (TPSA) is 79.0 Å². The van der Waals surface area contributed by atoms with Crippen LogP contribution in [0.4, 0.5) is 0 Å². The van der Waals surface area contributed by atoms with Gasteiger partial charge in [-0.05, 0) is 12.8 Å². The van der Waals surface area contributed by atoms with Crippen molar-refractivity contribution in [3.63, 3.8) is 0 Å². The SMILES string of the molecule is N=C(N)SC1CCCCNC1=O. The Hall–Kier alpha value is -0.710. The standard InChI is InChI=1S/C7H13N3OS/c8-7(9)12-5-3-1-2-4-10-6(5)11/h5H,1-4H2,(H3,8,9)(H,10,11). The van der Waals surface area contributed by atoms with E-state index in [9.17, 15) is 4.79 Å². The number of hydrogen-bond acceptors (Lipinski definition) is 3. The molecule has 1 fully saturated rings. The molecule has 12 heavy (non-hydrogen) atoms. The monoisotopic (exact) mass is 187 g/mol. The first-order valence-electron chi connectivity index (χ1n) is 3.98. The van der Waals surface area contributed by atoms with E-state index in [0.29, 0.717) is 0 Å². The van der Waals surface area contributed by atoms with Crippen LogP contribution >= 0.6 is 11.8 Å². The number of thioether (sulfide) groups is 1. The lowest BCUT2D eigenvalue weighted by Crippen LogP contribution is -2.32. The van der Waals surface area contributed by atoms with E-state index in [0.717, 1.165) is 37.6 Å². The number of nitrogens with two attached hydrogens (primary N) is 1. The summed E-state index contributed by atoms with van der Waals surface area (Å²) in [4.78, 5) is 11.3. The number of amides is 1. The second-order valence-corrected chi connectivity index (χ2v) is 4.00. The quantitative estimate of drug-likeness (QED) is 0.407. The summed E-state index contributed by atoms with van der Waals surface area (Å²) < 4.78 is 0. The van der Waals surface area contributed by atoms with Crippen molar-refractivity contribution in [2.75, 3.05) is 6.54 Å². The Morgan fingerprint density at radius 1 is 1.67 bits per heavy atom. The van der Waals surface area contributed by atoms with E-state index in [-0.39, 0.29) is 16.3 Å². The Bertz CT molecular complexity index is 195. The van der Waals surface area contributed by atoms with Gasteiger partial charge in [0.1, 0.15) is 0 Å². The van der Waals surface area contributed by atoms with Gasteiger partial charge in [-0.3, -0.25) is 10.2 Å². The molecule has 1 rings (SSSR count). The van der Waals surface area contributed by atoms with Gasteiger partial charge in [0.25, 0.3) is 0 Å². The average molecular weight is 187 g/mol. The number of nitrogens with one attached hydrogen (secondary N) is 2. The van der Waals surface area contributed by atoms with Crippen molar-refractivity contribution >= 4 is 22.8 Å². The molecular formula is C7H13N3OS. The molecule has 1 aliphatic heterocycles. The van der Waals surface area contributed by atoms with E-state index < -0.39 is 0 Å². The van der Waals surface area contributed by atoms with E-state index in [1.807, 2.05) is 0 Å². The molecule has 0 aromatic heterocycles. The molecule has 0 aromatic carbocycles. The summed E-state index contributed by atoms with van der Waals surface area (Å²) in [5.41, 5.74) is 5.20. The Labute approximate surface area is 75.8 Å². The fourth-order valence-electron chi connectivity index (χ4n) is 1.18. The number of amidine groups is 1. The first-order valence-corrected chi connectivity index (χ1v) is 4.86. The predicted octanol–water partition coefficient (Wildman–Crippen LogP) is 0.282. The van der Waals surface area contributed by atoms with Crippen LogP contribution < -0.4 is 11.1 Å². The zero-order valence-electron chi connectivity index (χ0n) is 6.80. The lowest BCUT2D eigenvalue weighted by Gasteiger charge is -2.10. The van der Waals surface area contributed by atoms with Crippen LogP contribution in [0, 0.1) is 5.41 Å². The molecule has 0 aliphatic carbocycles. The first-order chi connectivity index (χ1) is 5.70. The second kappa shape index (κ2) is 4.35. The van der Waals surface area contributed by atoms with Gasteiger partial charge in [0.15, 0.2) is 5.17 Å². The minimum atomic E-state index is -0.148. The summed E-state index contributed by atoms with van der Waals surface area (Å²) in [5.74, 6) is 0.0210. The minimum absolute atomic E-state index is 0.0210. The van der Waals surface area contributed by atoms with Gasteiger partial charge in [0, 0.05) is 6.54 Å². The fourth-order valence-corrected chi connectivity index (χ4v) is 1.96. The smallest absolute Gasteiger partial charge is 0.233 e. The molecule has 68 valence electrons. The number of rotatable bonds is 1. The molecule has 5 heteroatoms. The van der Waals surface area contributed by atoms with Crippen LogP contribution in [0.15, 0.2) is 0 Å². The third kappa shape index (κ3) is 2.73. The van der Waals surface area contributed by atoms with Crippen LogP contribution in [0.3, 0.4) is 0 Å². The van der Waals surface area contributed by atoms with E-state index in [2.05, 4.69) is 5.32 Å². The van der Waals surface area contributed by atoms with Crippen LogP contribution in [0.5, 0.6) is 0 Å². The highest BCUT2D eigenvalue weighted by Gasteiger charge is 2.21. The fraction of sp³-hybridized carbons (Fsp3) is 0.714. The molecule has 1 heterocycles. The lowest BCUT2D eigenvalue weighted by atomic mass is 10.2. The van der Waals surface area contributed by atoms with Crippen LogP contribution in [0.1, 0.15) is 19.3 Å². The van der Waals surface area contributed by atoms with E-state index in [4.69, 9.17) is 11.1 Å². The van der Waals surface area contributed by atoms with Crippen LogP contribution in [-0.4, -0.2) is 22.9 Å². The molecule has 1 atom stereocenters. The first kappa shape index (κ1) is 9.38. The molecule has 1 aliphatic rings. The van der Waals surface area contributed by atoms with Gasteiger partial charge in [-0.1, -0.05) is 18.2 Å². The summed E-state index contributed by atoms with van der Waals surface area (Å²) in [6.45, 7) is 0.758. The summed E-state index contributed by atoms with van der Waals surface area (Å²) >= 11 is 1.15. The molecule has 0 spiro atoms. The molecule has 4 N–H and O–H groups in total. The summed E-state index contributed by atoms with van der Waals surface area (Å²) in [6.07, 6.45) is 2.89. The number of carbonyl (C=O) groups excluding carboxylic acids is 1. The van der Waals surface area contributed by atoms with Crippen molar-refractivity contribution in [1.29, 1.82) is 5.41 Å². The van der Waals surface area contributed by atoms with Gasteiger partial charge in [-0.15, -0.1) is 0 Å². The van der Waals surface area contributed by atoms with Crippen molar-refractivity contribution in [2.24, 2.45) is 5.73 Å². The zero-order chi connectivity index (χ0) is 8.97. The molecule has 0 aromatic rings. The highest BCUT2D eigenvalue weighted by molar-refractivity contribution is 8.14. The Kier molecular flexibility index (Phi) is 3.40. The van der Waals surface area contributed by atoms with Crippen molar-refractivity contribution in [2.45, 2.75) is 24.5 Å². The summed E-state index contributed by atoms with van der Waals surface area (Å²) in [6, 6.07) is 0. The van der Waals surface area contributed by atoms with Gasteiger partial charge < -0.3 is 11.1 Å². The van der Waals surface area contributed by atoms with E-state index in [1.54, 1.807) is 0 Å². The maximum Gasteiger partial charge on any atom is 0.233 e. The third-order valence-electron chi connectivity index (χ3n) is 1.75. The molecule has 1 unspecified atom stereocenters. The molecule has 4 nitrogen and oxygen atoms in total. The maximum absolute atomic E-state index is 11.3. The Morgan fingerprint density at radius 3 is 3.08 bits per heavy atom. The van der Waals surface area contributed by atoms with Gasteiger partial charge in [-0.2, -0.15) is 0 Å². The predicted molar refractivity (Wildman–Crippen MR) is 50.2 cm³/mol. The van der Waals surface area contributed by atoms with Gasteiger partial charge in [0.05, 0.1) is 5.25 Å². The zero-order valence-corrected chi connectivity index (χ0v) is 7.62. The number of carbonyl (C=O) groups is 1. The van der Waals surface area contributed by atoms with Crippen molar-refractivity contribution in [3.05, 3.63) is 0 Å². The van der Waals surface area contributed by atoms with E-state index in [1.165, 1.54) is 0 Å². The summed E-state index contributed by atoms with van der Waals surface area (Å²) in [7, 11) is 0. The Balaban J connectivity index is 2.47. The lowest BCUT2D eigenvalue weighted by molar-refractivity contribution is -0.120. The normalized spacial score (nSPS) is 24.3. The van der Waals surface area contributed by atoms with Crippen LogP contribution in [0.2, 0.25) is 0 Å². The van der Waals surface area contributed by atoms with Crippen LogP contribution in [0.25, 0.3) is 0 Å². The van der Waals surface area contributed by atoms with Crippen molar-refractivity contribution < 1.29 is 4.79 Å². The molecule has 0 bridgehead atoms. The van der Waals surface area contributed by atoms with Gasteiger partial charge in [0.2, 0.25) is 5.91 Å². The highest BCUT2D eigenvalue weighted by Crippen LogP contribution is 2.18. The average Bonchev–Trinajstić information content (AvgIpc) is 2.16. The molecule has 1 amide bonds. The van der Waals surface area contributed by atoms with Crippen molar-refractivity contribution in [3.8, 4) is 0 Å². The molecule has 1 saturated heterocycles. The largest absolute Gasteiger partial charge is 0.379 e. The Morgan fingerprint density at radius 2 is 2.42 bits per heavy atom. The molecular weight excluding hydrogens is 174 g/mol. The minimum Gasteiger partial charge on any atom is -0.379 e. The van der Waals surface area contributed by atoms with Crippen LogP contribution in [-0.2, 0) is 4.79 Å². The van der Waals surface area contributed by atoms with Gasteiger partial charge in [-0.25, -0.2) is 0 Å². The van der Waals surface area contributed by atoms with Crippen molar-refractivity contribution in [1.82, 2.24) is 5.32 Å². The third-order valence-corrected chi connectivity index (χ3v) is 2.74. The summed E-state index contributed by atoms with van der Waals surface area (Å²) in [5, 5.41) is 9.72. The molecule has 0 radical (unpaired) electrons. The molecule has 0 saturated carbocycles. The second-order valence-electron chi connectivity index (χ2n) is 2.76. The highest BCUT2D eigenvalue weighted by atomic mass is 32.2.